The van der Waals surface area contributed by atoms with Gasteiger partial charge in [-0.1, -0.05) is 48.9 Å². The van der Waals surface area contributed by atoms with Crippen molar-refractivity contribution in [3.05, 3.63) is 48.0 Å². The Morgan fingerprint density at radius 2 is 1.74 bits per heavy atom. The van der Waals surface area contributed by atoms with Crippen LogP contribution >= 0.6 is 0 Å². The van der Waals surface area contributed by atoms with E-state index in [0.29, 0.717) is 6.04 Å². The van der Waals surface area contributed by atoms with E-state index in [2.05, 4.69) is 47.4 Å². The van der Waals surface area contributed by atoms with Gasteiger partial charge in [-0.3, -0.25) is 4.90 Å². The minimum absolute atomic E-state index is 0.663. The SMILES string of the molecule is c1ccc2c(C3CCC4CCCCN43)cccc2c1. The number of piperidine rings is 1. The average molecular weight is 251 g/mol. The van der Waals surface area contributed by atoms with Gasteiger partial charge in [0.05, 0.1) is 0 Å². The second kappa shape index (κ2) is 4.64. The highest BCUT2D eigenvalue weighted by molar-refractivity contribution is 5.86. The van der Waals surface area contributed by atoms with Crippen LogP contribution in [0, 0.1) is 0 Å². The molecule has 0 bridgehead atoms. The van der Waals surface area contributed by atoms with Crippen LogP contribution in [-0.2, 0) is 0 Å². The first-order chi connectivity index (χ1) is 9.43. The Morgan fingerprint density at radius 1 is 0.842 bits per heavy atom. The minimum Gasteiger partial charge on any atom is -0.293 e. The van der Waals surface area contributed by atoms with Crippen molar-refractivity contribution in [3.63, 3.8) is 0 Å². The molecule has 2 aromatic carbocycles. The molecule has 0 radical (unpaired) electrons. The first-order valence-electron chi connectivity index (χ1n) is 7.67. The third kappa shape index (κ3) is 1.88. The van der Waals surface area contributed by atoms with Gasteiger partial charge >= 0.3 is 0 Å². The third-order valence-corrected chi connectivity index (χ3v) is 5.03. The van der Waals surface area contributed by atoms with Crippen LogP contribution in [0.15, 0.2) is 42.5 Å². The molecule has 2 aromatic rings. The summed E-state index contributed by atoms with van der Waals surface area (Å²) in [6.45, 7) is 1.30. The monoisotopic (exact) mass is 251 g/mol. The molecule has 0 spiro atoms. The maximum atomic E-state index is 2.78. The highest BCUT2D eigenvalue weighted by Gasteiger charge is 2.35. The molecule has 98 valence electrons. The maximum absolute atomic E-state index is 2.78. The van der Waals surface area contributed by atoms with Gasteiger partial charge in [0, 0.05) is 12.1 Å². The summed E-state index contributed by atoms with van der Waals surface area (Å²) in [5.41, 5.74) is 1.56. The van der Waals surface area contributed by atoms with E-state index >= 15 is 0 Å². The zero-order valence-corrected chi connectivity index (χ0v) is 11.4. The Balaban J connectivity index is 1.78. The van der Waals surface area contributed by atoms with Gasteiger partial charge in [0.1, 0.15) is 0 Å². The molecule has 2 atom stereocenters. The number of rotatable bonds is 1. The maximum Gasteiger partial charge on any atom is 0.0357 e. The summed E-state index contributed by atoms with van der Waals surface area (Å²) in [7, 11) is 0. The van der Waals surface area contributed by atoms with Crippen LogP contribution < -0.4 is 0 Å². The van der Waals surface area contributed by atoms with Crippen molar-refractivity contribution in [2.45, 2.75) is 44.2 Å². The lowest BCUT2D eigenvalue weighted by Crippen LogP contribution is -2.35. The van der Waals surface area contributed by atoms with Crippen molar-refractivity contribution in [1.82, 2.24) is 4.90 Å². The fourth-order valence-electron chi connectivity index (χ4n) is 4.13. The van der Waals surface area contributed by atoms with Crippen molar-refractivity contribution in [3.8, 4) is 0 Å². The molecule has 2 fully saturated rings. The number of nitrogens with zero attached hydrogens (tertiary/aromatic N) is 1. The summed E-state index contributed by atoms with van der Waals surface area (Å²) >= 11 is 0. The van der Waals surface area contributed by atoms with E-state index < -0.39 is 0 Å². The van der Waals surface area contributed by atoms with E-state index in [9.17, 15) is 0 Å². The lowest BCUT2D eigenvalue weighted by Gasteiger charge is -2.34. The molecule has 19 heavy (non-hydrogen) atoms. The van der Waals surface area contributed by atoms with Crippen molar-refractivity contribution in [1.29, 1.82) is 0 Å². The molecule has 1 heteroatoms. The number of fused-ring (bicyclic) bond motifs is 2. The van der Waals surface area contributed by atoms with Crippen molar-refractivity contribution < 1.29 is 0 Å². The molecule has 1 nitrogen and oxygen atoms in total. The van der Waals surface area contributed by atoms with E-state index in [-0.39, 0.29) is 0 Å². The number of benzene rings is 2. The Morgan fingerprint density at radius 3 is 2.74 bits per heavy atom. The largest absolute Gasteiger partial charge is 0.293 e. The normalized spacial score (nSPS) is 27.6. The topological polar surface area (TPSA) is 3.24 Å². The third-order valence-electron chi connectivity index (χ3n) is 5.03. The first-order valence-corrected chi connectivity index (χ1v) is 7.67. The van der Waals surface area contributed by atoms with Gasteiger partial charge in [0.15, 0.2) is 0 Å². The van der Waals surface area contributed by atoms with E-state index in [1.54, 1.807) is 5.56 Å². The molecule has 0 aromatic heterocycles. The van der Waals surface area contributed by atoms with Crippen LogP contribution in [0.3, 0.4) is 0 Å². The lowest BCUT2D eigenvalue weighted by atomic mass is 9.97. The Labute approximate surface area is 115 Å². The van der Waals surface area contributed by atoms with Crippen molar-refractivity contribution in [2.75, 3.05) is 6.54 Å². The van der Waals surface area contributed by atoms with E-state index in [0.717, 1.165) is 6.04 Å². The molecule has 0 aliphatic carbocycles. The Hall–Kier alpha value is -1.34. The highest BCUT2D eigenvalue weighted by atomic mass is 15.2. The summed E-state index contributed by atoms with van der Waals surface area (Å²) in [6.07, 6.45) is 6.98. The van der Waals surface area contributed by atoms with Gasteiger partial charge in [0.2, 0.25) is 0 Å². The molecular formula is C18H21N. The average Bonchev–Trinajstić information content (AvgIpc) is 2.90. The molecule has 2 unspecified atom stereocenters. The van der Waals surface area contributed by atoms with Gasteiger partial charge in [-0.2, -0.15) is 0 Å². The number of hydrogen-bond acceptors (Lipinski definition) is 1. The molecule has 0 amide bonds. The van der Waals surface area contributed by atoms with E-state index in [4.69, 9.17) is 0 Å². The first kappa shape index (κ1) is 11.5. The zero-order chi connectivity index (χ0) is 12.7. The van der Waals surface area contributed by atoms with Crippen molar-refractivity contribution >= 4 is 10.8 Å². The van der Waals surface area contributed by atoms with Gasteiger partial charge in [-0.15, -0.1) is 0 Å². The van der Waals surface area contributed by atoms with Crippen molar-refractivity contribution in [2.24, 2.45) is 0 Å². The number of hydrogen-bond donors (Lipinski definition) is 0. The van der Waals surface area contributed by atoms with Gasteiger partial charge in [0.25, 0.3) is 0 Å². The quantitative estimate of drug-likeness (QED) is 0.719. The smallest absolute Gasteiger partial charge is 0.0357 e. The van der Waals surface area contributed by atoms with Crippen LogP contribution in [0.1, 0.15) is 43.7 Å². The summed E-state index contributed by atoms with van der Waals surface area (Å²) < 4.78 is 0. The summed E-state index contributed by atoms with van der Waals surface area (Å²) in [5.74, 6) is 0. The fourth-order valence-corrected chi connectivity index (χ4v) is 4.13. The highest BCUT2D eigenvalue weighted by Crippen LogP contribution is 2.42. The van der Waals surface area contributed by atoms with Crippen LogP contribution in [0.4, 0.5) is 0 Å². The lowest BCUT2D eigenvalue weighted by molar-refractivity contribution is 0.150. The molecular weight excluding hydrogens is 230 g/mol. The Bertz CT molecular complexity index is 584. The molecule has 2 aliphatic rings. The fraction of sp³-hybridized carbons (Fsp3) is 0.444. The van der Waals surface area contributed by atoms with Crippen LogP contribution in [0.5, 0.6) is 0 Å². The predicted octanol–water partition coefficient (Wildman–Crippen LogP) is 4.53. The molecule has 2 heterocycles. The van der Waals surface area contributed by atoms with Crippen LogP contribution in [-0.4, -0.2) is 17.5 Å². The zero-order valence-electron chi connectivity index (χ0n) is 11.4. The molecule has 4 rings (SSSR count). The summed E-state index contributed by atoms with van der Waals surface area (Å²) in [5, 5.41) is 2.85. The molecule has 2 aliphatic heterocycles. The standard InChI is InChI=1S/C18H21N/c1-2-9-16-14(6-1)7-5-10-17(16)18-12-11-15-8-3-4-13-19(15)18/h1-2,5-7,9-10,15,18H,3-4,8,11-13H2. The Kier molecular flexibility index (Phi) is 2.81. The van der Waals surface area contributed by atoms with Crippen LogP contribution in [0.25, 0.3) is 10.8 Å². The summed E-state index contributed by atoms with van der Waals surface area (Å²) in [6, 6.07) is 17.2. The van der Waals surface area contributed by atoms with E-state index in [1.165, 1.54) is 49.4 Å². The second-order valence-electron chi connectivity index (χ2n) is 6.05. The molecule has 0 N–H and O–H groups in total. The van der Waals surface area contributed by atoms with E-state index in [1.807, 2.05) is 0 Å². The molecule has 2 saturated heterocycles. The van der Waals surface area contributed by atoms with Gasteiger partial charge < -0.3 is 0 Å². The minimum atomic E-state index is 0.663. The van der Waals surface area contributed by atoms with Crippen LogP contribution in [0.2, 0.25) is 0 Å². The second-order valence-corrected chi connectivity index (χ2v) is 6.05. The predicted molar refractivity (Wildman–Crippen MR) is 80.3 cm³/mol. The van der Waals surface area contributed by atoms with Gasteiger partial charge in [-0.25, -0.2) is 0 Å². The molecule has 0 saturated carbocycles. The van der Waals surface area contributed by atoms with Gasteiger partial charge in [-0.05, 0) is 48.6 Å². The summed E-state index contributed by atoms with van der Waals surface area (Å²) in [4.78, 5) is 2.78.